The van der Waals surface area contributed by atoms with Crippen molar-refractivity contribution in [3.05, 3.63) is 65.7 Å². The number of carbonyl (C=O) groups excluding carboxylic acids is 1. The fourth-order valence-corrected chi connectivity index (χ4v) is 4.94. The van der Waals surface area contributed by atoms with E-state index in [0.29, 0.717) is 38.6 Å². The zero-order valence-corrected chi connectivity index (χ0v) is 19.9. The number of carbonyl (C=O) groups is 1. The monoisotopic (exact) mass is 491 g/mol. The normalized spacial score (nSPS) is 22.6. The van der Waals surface area contributed by atoms with E-state index >= 15 is 0 Å². The minimum Gasteiger partial charge on any atom is -0.497 e. The van der Waals surface area contributed by atoms with Gasteiger partial charge in [0.25, 0.3) is 0 Å². The van der Waals surface area contributed by atoms with Crippen molar-refractivity contribution in [2.24, 2.45) is 5.41 Å². The van der Waals surface area contributed by atoms with E-state index in [0.717, 1.165) is 11.1 Å². The number of rotatable bonds is 8. The molecule has 190 valence electrons. The summed E-state index contributed by atoms with van der Waals surface area (Å²) in [6.45, 7) is 2.71. The maximum absolute atomic E-state index is 14.3. The molecule has 2 aliphatic rings. The standard InChI is InChI=1S/C26H32F3N3O3/c1-34-22-9-7-21(8-10-22)23(32-13-15-35-16-14-32)17-30-24(33)25(26(27,28)29)11-12-31(19-25)18-20-5-3-2-4-6-20/h2-10,23H,11-19H2,1H3,(H,30,33). The van der Waals surface area contributed by atoms with Gasteiger partial charge < -0.3 is 14.8 Å². The largest absolute Gasteiger partial charge is 0.497 e. The van der Waals surface area contributed by atoms with E-state index in [1.807, 2.05) is 54.6 Å². The molecule has 0 aliphatic carbocycles. The van der Waals surface area contributed by atoms with Crippen molar-refractivity contribution < 1.29 is 27.4 Å². The molecule has 2 fully saturated rings. The minimum atomic E-state index is -4.64. The summed E-state index contributed by atoms with van der Waals surface area (Å²) in [4.78, 5) is 17.1. The molecule has 4 rings (SSSR count). The van der Waals surface area contributed by atoms with Crippen molar-refractivity contribution in [3.63, 3.8) is 0 Å². The van der Waals surface area contributed by atoms with Crippen LogP contribution in [-0.2, 0) is 16.1 Å². The van der Waals surface area contributed by atoms with Gasteiger partial charge in [0.1, 0.15) is 5.75 Å². The lowest BCUT2D eigenvalue weighted by Crippen LogP contribution is -2.54. The van der Waals surface area contributed by atoms with Crippen molar-refractivity contribution in [3.8, 4) is 5.75 Å². The lowest BCUT2D eigenvalue weighted by molar-refractivity contribution is -0.218. The van der Waals surface area contributed by atoms with E-state index in [9.17, 15) is 18.0 Å². The van der Waals surface area contributed by atoms with Crippen LogP contribution in [0.4, 0.5) is 13.2 Å². The van der Waals surface area contributed by atoms with Crippen LogP contribution in [0, 0.1) is 5.41 Å². The number of amides is 1. The fraction of sp³-hybridized carbons (Fsp3) is 0.500. The smallest absolute Gasteiger partial charge is 0.404 e. The van der Waals surface area contributed by atoms with Gasteiger partial charge >= 0.3 is 6.18 Å². The molecule has 1 N–H and O–H groups in total. The zero-order chi connectivity index (χ0) is 24.9. The first kappa shape index (κ1) is 25.5. The summed E-state index contributed by atoms with van der Waals surface area (Å²) in [6.07, 6.45) is -4.89. The van der Waals surface area contributed by atoms with Crippen LogP contribution in [0.25, 0.3) is 0 Å². The SMILES string of the molecule is COc1ccc(C(CNC(=O)C2(C(F)(F)F)CCN(Cc3ccccc3)C2)N2CCOCC2)cc1. The molecule has 1 amide bonds. The van der Waals surface area contributed by atoms with Gasteiger partial charge in [0.2, 0.25) is 5.91 Å². The molecular formula is C26H32F3N3O3. The molecule has 2 aromatic carbocycles. The summed E-state index contributed by atoms with van der Waals surface area (Å²) >= 11 is 0. The van der Waals surface area contributed by atoms with Crippen LogP contribution in [0.5, 0.6) is 5.75 Å². The lowest BCUT2D eigenvalue weighted by Gasteiger charge is -2.36. The molecule has 2 atom stereocenters. The maximum Gasteiger partial charge on any atom is 0.404 e. The summed E-state index contributed by atoms with van der Waals surface area (Å²) < 4.78 is 53.7. The number of benzene rings is 2. The van der Waals surface area contributed by atoms with Gasteiger partial charge in [-0.1, -0.05) is 42.5 Å². The second-order valence-electron chi connectivity index (χ2n) is 9.17. The Labute approximate surface area is 204 Å². The predicted molar refractivity (Wildman–Crippen MR) is 126 cm³/mol. The third-order valence-corrected chi connectivity index (χ3v) is 7.02. The Hall–Kier alpha value is -2.62. The first-order valence-corrected chi connectivity index (χ1v) is 11.9. The summed E-state index contributed by atoms with van der Waals surface area (Å²) in [5, 5.41) is 2.68. The van der Waals surface area contributed by atoms with Crippen LogP contribution in [-0.4, -0.2) is 74.9 Å². The minimum absolute atomic E-state index is 0.0850. The Balaban J connectivity index is 1.49. The molecule has 2 heterocycles. The number of hydrogen-bond acceptors (Lipinski definition) is 5. The quantitative estimate of drug-likeness (QED) is 0.611. The molecule has 2 aliphatic heterocycles. The molecule has 35 heavy (non-hydrogen) atoms. The summed E-state index contributed by atoms with van der Waals surface area (Å²) in [5.74, 6) is -0.258. The van der Waals surface area contributed by atoms with Crippen molar-refractivity contribution in [1.82, 2.24) is 15.1 Å². The van der Waals surface area contributed by atoms with Crippen LogP contribution in [0.15, 0.2) is 54.6 Å². The van der Waals surface area contributed by atoms with E-state index < -0.39 is 17.5 Å². The predicted octanol–water partition coefficient (Wildman–Crippen LogP) is 3.64. The Morgan fingerprint density at radius 3 is 2.40 bits per heavy atom. The van der Waals surface area contributed by atoms with Gasteiger partial charge in [-0.3, -0.25) is 14.6 Å². The van der Waals surface area contributed by atoms with Crippen molar-refractivity contribution in [1.29, 1.82) is 0 Å². The third kappa shape index (κ3) is 5.79. The number of halogens is 3. The number of morpholine rings is 1. The van der Waals surface area contributed by atoms with E-state index in [4.69, 9.17) is 9.47 Å². The zero-order valence-electron chi connectivity index (χ0n) is 19.9. The molecule has 0 spiro atoms. The summed E-state index contributed by atoms with van der Waals surface area (Å²) in [7, 11) is 1.58. The highest BCUT2D eigenvalue weighted by Gasteiger charge is 2.62. The molecule has 2 aromatic rings. The van der Waals surface area contributed by atoms with Crippen LogP contribution in [0.2, 0.25) is 0 Å². The van der Waals surface area contributed by atoms with Crippen LogP contribution in [0.1, 0.15) is 23.6 Å². The van der Waals surface area contributed by atoms with Gasteiger partial charge in [-0.2, -0.15) is 13.2 Å². The second-order valence-corrected chi connectivity index (χ2v) is 9.17. The van der Waals surface area contributed by atoms with Crippen LogP contribution in [0.3, 0.4) is 0 Å². The van der Waals surface area contributed by atoms with Crippen molar-refractivity contribution in [2.45, 2.75) is 25.2 Å². The molecular weight excluding hydrogens is 459 g/mol. The summed E-state index contributed by atoms with van der Waals surface area (Å²) in [5.41, 5.74) is -0.582. The Kier molecular flexibility index (Phi) is 7.98. The first-order valence-electron chi connectivity index (χ1n) is 11.9. The Morgan fingerprint density at radius 1 is 1.09 bits per heavy atom. The van der Waals surface area contributed by atoms with Gasteiger partial charge in [-0.25, -0.2) is 0 Å². The molecule has 0 radical (unpaired) electrons. The number of ether oxygens (including phenoxy) is 2. The van der Waals surface area contributed by atoms with Gasteiger partial charge in [0.05, 0.1) is 26.4 Å². The number of nitrogens with one attached hydrogen (secondary N) is 1. The average Bonchev–Trinajstić information content (AvgIpc) is 3.31. The van der Waals surface area contributed by atoms with Crippen LogP contribution < -0.4 is 10.1 Å². The first-order chi connectivity index (χ1) is 16.8. The highest BCUT2D eigenvalue weighted by molar-refractivity contribution is 5.84. The number of likely N-dealkylation sites (tertiary alicyclic amines) is 1. The Bertz CT molecular complexity index is 965. The van der Waals surface area contributed by atoms with Gasteiger partial charge in [0, 0.05) is 32.7 Å². The maximum atomic E-state index is 14.3. The molecule has 2 unspecified atom stereocenters. The molecule has 6 nitrogen and oxygen atoms in total. The molecule has 9 heteroatoms. The molecule has 0 aromatic heterocycles. The molecule has 0 saturated carbocycles. The highest BCUT2D eigenvalue weighted by atomic mass is 19.4. The topological polar surface area (TPSA) is 54.0 Å². The van der Waals surface area contributed by atoms with E-state index in [1.165, 1.54) is 0 Å². The molecule has 0 bridgehead atoms. The van der Waals surface area contributed by atoms with Gasteiger partial charge in [0.15, 0.2) is 5.41 Å². The number of hydrogen-bond donors (Lipinski definition) is 1. The van der Waals surface area contributed by atoms with Crippen LogP contribution >= 0.6 is 0 Å². The number of alkyl halides is 3. The Morgan fingerprint density at radius 2 is 1.77 bits per heavy atom. The lowest BCUT2D eigenvalue weighted by atomic mass is 9.85. The van der Waals surface area contributed by atoms with E-state index in [2.05, 4.69) is 10.2 Å². The van der Waals surface area contributed by atoms with Gasteiger partial charge in [-0.15, -0.1) is 0 Å². The number of methoxy groups -OCH3 is 1. The van der Waals surface area contributed by atoms with Crippen molar-refractivity contribution >= 4 is 5.91 Å². The van der Waals surface area contributed by atoms with E-state index in [-0.39, 0.29) is 32.1 Å². The highest BCUT2D eigenvalue weighted by Crippen LogP contribution is 2.46. The van der Waals surface area contributed by atoms with E-state index in [1.54, 1.807) is 12.0 Å². The third-order valence-electron chi connectivity index (χ3n) is 7.02. The fourth-order valence-electron chi connectivity index (χ4n) is 4.94. The van der Waals surface area contributed by atoms with Crippen molar-refractivity contribution in [2.75, 3.05) is 53.0 Å². The second kappa shape index (κ2) is 11.0. The molecule has 2 saturated heterocycles. The number of nitrogens with zero attached hydrogens (tertiary/aromatic N) is 2. The van der Waals surface area contributed by atoms with Gasteiger partial charge in [-0.05, 0) is 36.2 Å². The summed E-state index contributed by atoms with van der Waals surface area (Å²) in [6, 6.07) is 16.5. The average molecular weight is 492 g/mol.